The molecule has 2 nitrogen and oxygen atoms in total. The van der Waals surface area contributed by atoms with E-state index in [9.17, 15) is 0 Å². The molecule has 3 heteroatoms. The minimum atomic E-state index is 0.277. The van der Waals surface area contributed by atoms with E-state index in [-0.39, 0.29) is 6.04 Å². The van der Waals surface area contributed by atoms with Gasteiger partial charge in [0.2, 0.25) is 0 Å². The lowest BCUT2D eigenvalue weighted by molar-refractivity contribution is 0.573. The van der Waals surface area contributed by atoms with Crippen molar-refractivity contribution >= 4 is 11.3 Å². The number of thiazole rings is 1. The molecule has 0 saturated heterocycles. The van der Waals surface area contributed by atoms with Gasteiger partial charge < -0.3 is 5.73 Å². The van der Waals surface area contributed by atoms with Gasteiger partial charge in [0, 0.05) is 16.8 Å². The Hall–Kier alpha value is -0.410. The molecule has 0 radical (unpaired) electrons. The van der Waals surface area contributed by atoms with Gasteiger partial charge in [-0.15, -0.1) is 11.3 Å². The van der Waals surface area contributed by atoms with Crippen LogP contribution in [0.4, 0.5) is 0 Å². The molecular formula is C11H16N2S. The minimum Gasteiger partial charge on any atom is -0.323 e. The maximum Gasteiger partial charge on any atom is 0.0965 e. The second-order valence-corrected chi connectivity index (χ2v) is 5.74. The molecule has 3 unspecified atom stereocenters. The maximum atomic E-state index is 6.09. The highest BCUT2D eigenvalue weighted by Crippen LogP contribution is 2.49. The molecule has 2 N–H and O–H groups in total. The number of nitrogens with zero attached hydrogens (tertiary/aromatic N) is 1. The zero-order valence-electron chi connectivity index (χ0n) is 8.49. The van der Waals surface area contributed by atoms with E-state index in [1.54, 1.807) is 0 Å². The quantitative estimate of drug-likeness (QED) is 0.770. The molecule has 1 aromatic rings. The van der Waals surface area contributed by atoms with Crippen molar-refractivity contribution in [3.05, 3.63) is 15.6 Å². The van der Waals surface area contributed by atoms with E-state index in [0.29, 0.717) is 0 Å². The number of aromatic nitrogens is 1. The first-order valence-corrected chi connectivity index (χ1v) is 6.32. The molecule has 14 heavy (non-hydrogen) atoms. The molecule has 2 aliphatic rings. The smallest absolute Gasteiger partial charge is 0.0965 e. The zero-order valence-corrected chi connectivity index (χ0v) is 9.31. The molecule has 76 valence electrons. The van der Waals surface area contributed by atoms with Crippen molar-refractivity contribution in [3.8, 4) is 0 Å². The third-order valence-corrected chi connectivity index (χ3v) is 4.80. The summed E-state index contributed by atoms with van der Waals surface area (Å²) in [6, 6.07) is 0.277. The third kappa shape index (κ3) is 1.30. The molecule has 3 rings (SSSR count). The number of hydrogen-bond acceptors (Lipinski definition) is 3. The fourth-order valence-corrected chi connectivity index (χ4v) is 3.69. The molecule has 0 bridgehead atoms. The van der Waals surface area contributed by atoms with Gasteiger partial charge in [-0.3, -0.25) is 0 Å². The van der Waals surface area contributed by atoms with Crippen molar-refractivity contribution in [1.82, 2.24) is 4.98 Å². The van der Waals surface area contributed by atoms with Gasteiger partial charge in [0.15, 0.2) is 0 Å². The van der Waals surface area contributed by atoms with Crippen LogP contribution in [0.5, 0.6) is 0 Å². The average molecular weight is 208 g/mol. The number of nitrogens with two attached hydrogens (primary N) is 1. The van der Waals surface area contributed by atoms with Crippen molar-refractivity contribution < 1.29 is 0 Å². The number of hydrogen-bond donors (Lipinski definition) is 1. The molecular weight excluding hydrogens is 192 g/mol. The third-order valence-electron chi connectivity index (χ3n) is 3.44. The largest absolute Gasteiger partial charge is 0.323 e. The minimum absolute atomic E-state index is 0.277. The van der Waals surface area contributed by atoms with Gasteiger partial charge in [0.25, 0.3) is 0 Å². The van der Waals surface area contributed by atoms with Crippen LogP contribution in [0.2, 0.25) is 0 Å². The predicted molar refractivity (Wildman–Crippen MR) is 58.5 cm³/mol. The summed E-state index contributed by atoms with van der Waals surface area (Å²) in [6.07, 6.45) is 4.86. The summed E-state index contributed by atoms with van der Waals surface area (Å²) in [4.78, 5) is 6.13. The van der Waals surface area contributed by atoms with Gasteiger partial charge in [-0.1, -0.05) is 6.92 Å². The number of aryl methyl sites for hydroxylation is 1. The molecule has 0 aromatic carbocycles. The lowest BCUT2D eigenvalue weighted by Crippen LogP contribution is -2.15. The van der Waals surface area contributed by atoms with Crippen LogP contribution < -0.4 is 5.73 Å². The summed E-state index contributed by atoms with van der Waals surface area (Å²) < 4.78 is 0. The first-order chi connectivity index (χ1) is 6.75. The molecule has 3 atom stereocenters. The van der Waals surface area contributed by atoms with Crippen molar-refractivity contribution in [2.75, 3.05) is 0 Å². The number of rotatable bonds is 1. The van der Waals surface area contributed by atoms with E-state index in [1.807, 2.05) is 11.3 Å². The Kier molecular flexibility index (Phi) is 1.92. The van der Waals surface area contributed by atoms with Crippen LogP contribution in [0.25, 0.3) is 0 Å². The van der Waals surface area contributed by atoms with Crippen LogP contribution in [-0.4, -0.2) is 4.98 Å². The molecule has 1 heterocycles. The Bertz CT molecular complexity index is 358. The van der Waals surface area contributed by atoms with Crippen LogP contribution >= 0.6 is 11.3 Å². The molecule has 0 amide bonds. The molecule has 0 aliphatic heterocycles. The SMILES string of the molecule is CC1CC1c1nc2c(s1)C(N)CCC2. The Balaban J connectivity index is 1.94. The van der Waals surface area contributed by atoms with Gasteiger partial charge in [-0.25, -0.2) is 4.98 Å². The van der Waals surface area contributed by atoms with Crippen LogP contribution in [0.3, 0.4) is 0 Å². The summed E-state index contributed by atoms with van der Waals surface area (Å²) >= 11 is 1.88. The number of fused-ring (bicyclic) bond motifs is 1. The van der Waals surface area contributed by atoms with Crippen LogP contribution in [0.15, 0.2) is 0 Å². The van der Waals surface area contributed by atoms with E-state index < -0.39 is 0 Å². The summed E-state index contributed by atoms with van der Waals surface area (Å²) in [7, 11) is 0. The second kappa shape index (κ2) is 3.04. The van der Waals surface area contributed by atoms with Crippen LogP contribution in [0.1, 0.15) is 53.7 Å². The summed E-state index contributed by atoms with van der Waals surface area (Å²) in [5.41, 5.74) is 7.39. The van der Waals surface area contributed by atoms with Gasteiger partial charge in [0.05, 0.1) is 10.7 Å². The van der Waals surface area contributed by atoms with E-state index >= 15 is 0 Å². The topological polar surface area (TPSA) is 38.9 Å². The van der Waals surface area contributed by atoms with Gasteiger partial charge in [0.1, 0.15) is 0 Å². The fraction of sp³-hybridized carbons (Fsp3) is 0.727. The Morgan fingerprint density at radius 1 is 1.50 bits per heavy atom. The van der Waals surface area contributed by atoms with Crippen molar-refractivity contribution in [2.24, 2.45) is 11.7 Å². The molecule has 0 spiro atoms. The fourth-order valence-electron chi connectivity index (χ4n) is 2.30. The van der Waals surface area contributed by atoms with E-state index in [4.69, 9.17) is 10.7 Å². The molecule has 1 fully saturated rings. The highest BCUT2D eigenvalue weighted by Gasteiger charge is 2.37. The van der Waals surface area contributed by atoms with Gasteiger partial charge >= 0.3 is 0 Å². The lowest BCUT2D eigenvalue weighted by atomic mass is 9.99. The van der Waals surface area contributed by atoms with Crippen molar-refractivity contribution in [2.45, 2.75) is 44.6 Å². The molecule has 2 aliphatic carbocycles. The molecule has 1 aromatic heterocycles. The predicted octanol–water partition coefficient (Wildman–Crippen LogP) is 2.60. The van der Waals surface area contributed by atoms with E-state index in [1.165, 1.54) is 28.4 Å². The second-order valence-electron chi connectivity index (χ2n) is 4.68. The van der Waals surface area contributed by atoms with Crippen molar-refractivity contribution in [1.29, 1.82) is 0 Å². The average Bonchev–Trinajstić information content (AvgIpc) is 2.75. The van der Waals surface area contributed by atoms with Crippen molar-refractivity contribution in [3.63, 3.8) is 0 Å². The highest BCUT2D eigenvalue weighted by molar-refractivity contribution is 7.12. The summed E-state index contributed by atoms with van der Waals surface area (Å²) in [5, 5.41) is 1.36. The molecule has 1 saturated carbocycles. The monoisotopic (exact) mass is 208 g/mol. The van der Waals surface area contributed by atoms with E-state index in [2.05, 4.69) is 6.92 Å². The normalized spacial score (nSPS) is 35.4. The summed E-state index contributed by atoms with van der Waals surface area (Å²) in [5.74, 6) is 1.62. The first-order valence-electron chi connectivity index (χ1n) is 5.51. The Labute approximate surface area is 88.5 Å². The van der Waals surface area contributed by atoms with Gasteiger partial charge in [-0.05, 0) is 31.6 Å². The van der Waals surface area contributed by atoms with Crippen LogP contribution in [-0.2, 0) is 6.42 Å². The Morgan fingerprint density at radius 3 is 2.93 bits per heavy atom. The lowest BCUT2D eigenvalue weighted by Gasteiger charge is -2.15. The standard InChI is InChI=1S/C11H16N2S/c1-6-5-7(6)11-13-9-4-2-3-8(12)10(9)14-11/h6-8H,2-5,12H2,1H3. The van der Waals surface area contributed by atoms with E-state index in [0.717, 1.165) is 24.7 Å². The van der Waals surface area contributed by atoms with Gasteiger partial charge in [-0.2, -0.15) is 0 Å². The van der Waals surface area contributed by atoms with Crippen LogP contribution in [0, 0.1) is 5.92 Å². The summed E-state index contributed by atoms with van der Waals surface area (Å²) in [6.45, 7) is 2.31. The zero-order chi connectivity index (χ0) is 9.71. The highest BCUT2D eigenvalue weighted by atomic mass is 32.1. The first kappa shape index (κ1) is 8.86. The Morgan fingerprint density at radius 2 is 2.29 bits per heavy atom. The maximum absolute atomic E-state index is 6.09.